The molecule has 0 bridgehead atoms. The van der Waals surface area contributed by atoms with Crippen molar-refractivity contribution in [3.8, 4) is 5.75 Å². The van der Waals surface area contributed by atoms with Crippen molar-refractivity contribution in [1.29, 1.82) is 0 Å². The second-order valence-electron chi connectivity index (χ2n) is 14.6. The first kappa shape index (κ1) is 36.7. The molecule has 0 amide bonds. The minimum Gasteiger partial charge on any atom is -0.493 e. The molecule has 0 heterocycles. The number of ether oxygens (including phenoxy) is 3. The van der Waals surface area contributed by atoms with Gasteiger partial charge in [0.1, 0.15) is 5.75 Å². The van der Waals surface area contributed by atoms with E-state index in [1.807, 2.05) is 6.07 Å². The van der Waals surface area contributed by atoms with E-state index in [1.54, 1.807) is 0 Å². The number of benzene rings is 3. The first-order valence-corrected chi connectivity index (χ1v) is 19.1. The van der Waals surface area contributed by atoms with Gasteiger partial charge >= 0.3 is 11.9 Å². The van der Waals surface area contributed by atoms with Crippen molar-refractivity contribution < 1.29 is 23.8 Å². The quantitative estimate of drug-likeness (QED) is 0.0999. The number of methoxy groups -OCH3 is 2. The lowest BCUT2D eigenvalue weighted by Gasteiger charge is -2.33. The zero-order chi connectivity index (χ0) is 34.3. The molecule has 5 rings (SSSR count). The maximum absolute atomic E-state index is 12.3. The van der Waals surface area contributed by atoms with Crippen LogP contribution in [0.15, 0.2) is 72.8 Å². The molecule has 49 heavy (non-hydrogen) atoms. The number of rotatable bonds is 18. The summed E-state index contributed by atoms with van der Waals surface area (Å²) in [6.45, 7) is 0.815. The van der Waals surface area contributed by atoms with Gasteiger partial charge in [-0.15, -0.1) is 0 Å². The molecule has 2 aliphatic rings. The summed E-state index contributed by atoms with van der Waals surface area (Å²) in [5.74, 6) is 3.18. The van der Waals surface area contributed by atoms with Gasteiger partial charge in [-0.2, -0.15) is 0 Å². The molecule has 2 atom stereocenters. The number of aryl methyl sites for hydroxylation is 3. The number of hydrogen-bond donors (Lipinski definition) is 0. The lowest BCUT2D eigenvalue weighted by Crippen LogP contribution is -2.21. The summed E-state index contributed by atoms with van der Waals surface area (Å²) >= 11 is 0. The maximum atomic E-state index is 12.3. The van der Waals surface area contributed by atoms with Crippen LogP contribution in [0.25, 0.3) is 0 Å². The summed E-state index contributed by atoms with van der Waals surface area (Å²) in [5, 5.41) is 0. The molecule has 3 aromatic carbocycles. The fourth-order valence-electron chi connectivity index (χ4n) is 8.37. The molecule has 5 heteroatoms. The molecule has 2 aliphatic carbocycles. The topological polar surface area (TPSA) is 61.8 Å². The van der Waals surface area contributed by atoms with Crippen LogP contribution >= 0.6 is 0 Å². The van der Waals surface area contributed by atoms with E-state index in [0.29, 0.717) is 29.7 Å². The van der Waals surface area contributed by atoms with Crippen LogP contribution in [0.5, 0.6) is 5.75 Å². The summed E-state index contributed by atoms with van der Waals surface area (Å²) in [6.07, 6.45) is 19.0. The number of unbranched alkanes of at least 4 members (excludes halogenated alkanes) is 3. The molecular weight excluding hydrogens is 608 g/mol. The largest absolute Gasteiger partial charge is 0.493 e. The first-order valence-electron chi connectivity index (χ1n) is 19.1. The Balaban J connectivity index is 1.17. The second kappa shape index (κ2) is 19.6. The van der Waals surface area contributed by atoms with Crippen LogP contribution in [-0.4, -0.2) is 32.8 Å². The predicted octanol–water partition coefficient (Wildman–Crippen LogP) is 10.5. The monoisotopic (exact) mass is 666 g/mol. The highest BCUT2D eigenvalue weighted by molar-refractivity contribution is 5.89. The molecule has 0 radical (unpaired) electrons. The highest BCUT2D eigenvalue weighted by atomic mass is 16.5. The van der Waals surface area contributed by atoms with Crippen LogP contribution in [0.3, 0.4) is 0 Å². The van der Waals surface area contributed by atoms with E-state index in [1.165, 1.54) is 81.4 Å². The summed E-state index contributed by atoms with van der Waals surface area (Å²) in [5.41, 5.74) is 6.15. The fraction of sp³-hybridized carbons (Fsp3) is 0.545. The second-order valence-corrected chi connectivity index (χ2v) is 14.6. The number of carbonyl (C=O) groups excluding carboxylic acids is 2. The van der Waals surface area contributed by atoms with E-state index >= 15 is 0 Å². The van der Waals surface area contributed by atoms with Crippen molar-refractivity contribution in [2.45, 2.75) is 115 Å². The standard InChI is InChI=1S/C44H58O5/c1-47-43(45)20-9-4-3-8-15-36(40-18-12-17-38-31-39(44(46)48-2)29-30-41(38)40)27-28-37-16-10-11-19-42(37)49-32-35-25-23-34(24-26-35)22-21-33-13-6-5-7-14-33/h5-7,10-11,13-14,16,19,29-31,34-36,40H,3-4,8-9,12,15,17-18,20-28,32H2,1-2H3/t34-,35+,36?,40?. The van der Waals surface area contributed by atoms with E-state index in [0.717, 1.165) is 76.1 Å². The zero-order valence-corrected chi connectivity index (χ0v) is 30.0. The highest BCUT2D eigenvalue weighted by Gasteiger charge is 2.29. The van der Waals surface area contributed by atoms with E-state index in [9.17, 15) is 9.59 Å². The van der Waals surface area contributed by atoms with Crippen LogP contribution in [-0.2, 0) is 33.5 Å². The van der Waals surface area contributed by atoms with Gasteiger partial charge in [-0.05, 0) is 135 Å². The van der Waals surface area contributed by atoms with Gasteiger partial charge < -0.3 is 14.2 Å². The molecule has 0 N–H and O–H groups in total. The normalized spacial score (nSPS) is 19.4. The van der Waals surface area contributed by atoms with Crippen molar-refractivity contribution in [2.24, 2.45) is 17.8 Å². The predicted molar refractivity (Wildman–Crippen MR) is 197 cm³/mol. The van der Waals surface area contributed by atoms with Crippen LogP contribution in [0, 0.1) is 17.8 Å². The Morgan fingerprint density at radius 1 is 0.755 bits per heavy atom. The van der Waals surface area contributed by atoms with Gasteiger partial charge in [0, 0.05) is 6.42 Å². The smallest absolute Gasteiger partial charge is 0.337 e. The summed E-state index contributed by atoms with van der Waals surface area (Å²) < 4.78 is 16.4. The number of para-hydroxylation sites is 1. The molecule has 0 saturated heterocycles. The lowest BCUT2D eigenvalue weighted by molar-refractivity contribution is -0.140. The van der Waals surface area contributed by atoms with Crippen molar-refractivity contribution in [2.75, 3.05) is 20.8 Å². The molecular formula is C44H58O5. The molecule has 0 aliphatic heterocycles. The van der Waals surface area contributed by atoms with Gasteiger partial charge in [0.2, 0.25) is 0 Å². The van der Waals surface area contributed by atoms with Gasteiger partial charge in [-0.3, -0.25) is 4.79 Å². The van der Waals surface area contributed by atoms with Crippen LogP contribution in [0.4, 0.5) is 0 Å². The lowest BCUT2D eigenvalue weighted by atomic mass is 9.72. The maximum Gasteiger partial charge on any atom is 0.337 e. The first-order chi connectivity index (χ1) is 24.0. The Morgan fingerprint density at radius 3 is 2.31 bits per heavy atom. The van der Waals surface area contributed by atoms with Gasteiger partial charge in [-0.1, -0.05) is 86.7 Å². The molecule has 3 aromatic rings. The van der Waals surface area contributed by atoms with Gasteiger partial charge in [0.05, 0.1) is 26.4 Å². The van der Waals surface area contributed by atoms with Crippen molar-refractivity contribution in [3.05, 3.63) is 101 Å². The van der Waals surface area contributed by atoms with Gasteiger partial charge in [0.25, 0.3) is 0 Å². The third kappa shape index (κ3) is 11.2. The molecule has 1 saturated carbocycles. The summed E-state index contributed by atoms with van der Waals surface area (Å²) in [6, 6.07) is 25.8. The average molecular weight is 667 g/mol. The Hall–Kier alpha value is -3.60. The molecule has 0 spiro atoms. The molecule has 264 valence electrons. The average Bonchev–Trinajstić information content (AvgIpc) is 3.16. The SMILES string of the molecule is COC(=O)CCCCCCC(CCc1ccccc1OC[C@H]1CC[C@@H](CCc2ccccc2)CC1)C1CCCc2cc(C(=O)OC)ccc21. The fourth-order valence-corrected chi connectivity index (χ4v) is 8.37. The molecule has 1 fully saturated rings. The van der Waals surface area contributed by atoms with E-state index in [4.69, 9.17) is 14.2 Å². The zero-order valence-electron chi connectivity index (χ0n) is 30.0. The van der Waals surface area contributed by atoms with Crippen molar-refractivity contribution >= 4 is 11.9 Å². The summed E-state index contributed by atoms with van der Waals surface area (Å²) in [4.78, 5) is 23.8. The number of esters is 2. The van der Waals surface area contributed by atoms with Crippen LogP contribution in [0.1, 0.15) is 128 Å². The van der Waals surface area contributed by atoms with Gasteiger partial charge in [0.15, 0.2) is 0 Å². The minimum atomic E-state index is -0.263. The molecule has 0 aromatic heterocycles. The van der Waals surface area contributed by atoms with Crippen molar-refractivity contribution in [1.82, 2.24) is 0 Å². The third-order valence-electron chi connectivity index (χ3n) is 11.3. The molecule has 2 unspecified atom stereocenters. The Kier molecular flexibility index (Phi) is 14.6. The van der Waals surface area contributed by atoms with E-state index in [2.05, 4.69) is 66.7 Å². The van der Waals surface area contributed by atoms with E-state index < -0.39 is 0 Å². The van der Waals surface area contributed by atoms with Crippen LogP contribution in [0.2, 0.25) is 0 Å². The van der Waals surface area contributed by atoms with E-state index in [-0.39, 0.29) is 11.9 Å². The Bertz CT molecular complexity index is 1440. The van der Waals surface area contributed by atoms with Crippen LogP contribution < -0.4 is 4.74 Å². The minimum absolute atomic E-state index is 0.115. The number of hydrogen-bond acceptors (Lipinski definition) is 5. The summed E-state index contributed by atoms with van der Waals surface area (Å²) in [7, 11) is 2.91. The Labute approximate surface area is 295 Å². The Morgan fingerprint density at radius 2 is 1.51 bits per heavy atom. The van der Waals surface area contributed by atoms with Gasteiger partial charge in [-0.25, -0.2) is 4.79 Å². The molecule has 5 nitrogen and oxygen atoms in total. The third-order valence-corrected chi connectivity index (χ3v) is 11.3. The van der Waals surface area contributed by atoms with Crippen molar-refractivity contribution in [3.63, 3.8) is 0 Å². The number of fused-ring (bicyclic) bond motifs is 1. The highest BCUT2D eigenvalue weighted by Crippen LogP contribution is 2.42. The number of carbonyl (C=O) groups is 2.